The molecule has 1 aliphatic rings. The van der Waals surface area contributed by atoms with E-state index < -0.39 is 0 Å². The SMILES string of the molecule is CCCc1ncncc1C(=O)N(C)C[C@H]1CCOC1. The highest BCUT2D eigenvalue weighted by Gasteiger charge is 2.22. The third-order valence-corrected chi connectivity index (χ3v) is 3.41. The van der Waals surface area contributed by atoms with Crippen LogP contribution in [0.2, 0.25) is 0 Å². The zero-order valence-corrected chi connectivity index (χ0v) is 11.6. The molecule has 1 aromatic heterocycles. The molecule has 5 heteroatoms. The van der Waals surface area contributed by atoms with Crippen molar-refractivity contribution in [3.63, 3.8) is 0 Å². The standard InChI is InChI=1S/C14H21N3O2/c1-3-4-13-12(7-15-10-16-13)14(18)17(2)8-11-5-6-19-9-11/h7,10-11H,3-6,8-9H2,1-2H3/t11-/m1/s1. The van der Waals surface area contributed by atoms with Crippen LogP contribution >= 0.6 is 0 Å². The van der Waals surface area contributed by atoms with Gasteiger partial charge in [-0.3, -0.25) is 4.79 Å². The van der Waals surface area contributed by atoms with Gasteiger partial charge in [0.15, 0.2) is 0 Å². The Kier molecular flexibility index (Phi) is 4.85. The molecule has 1 aliphatic heterocycles. The van der Waals surface area contributed by atoms with Crippen LogP contribution in [0.4, 0.5) is 0 Å². The second-order valence-electron chi connectivity index (χ2n) is 5.05. The summed E-state index contributed by atoms with van der Waals surface area (Å²) >= 11 is 0. The summed E-state index contributed by atoms with van der Waals surface area (Å²) in [5.41, 5.74) is 1.47. The van der Waals surface area contributed by atoms with E-state index in [9.17, 15) is 4.79 Å². The van der Waals surface area contributed by atoms with Crippen molar-refractivity contribution in [2.24, 2.45) is 5.92 Å². The normalized spacial score (nSPS) is 18.5. The molecule has 0 unspecified atom stereocenters. The summed E-state index contributed by atoms with van der Waals surface area (Å²) in [4.78, 5) is 22.4. The monoisotopic (exact) mass is 263 g/mol. The van der Waals surface area contributed by atoms with Gasteiger partial charge < -0.3 is 9.64 Å². The average molecular weight is 263 g/mol. The van der Waals surface area contributed by atoms with Gasteiger partial charge in [-0.1, -0.05) is 13.3 Å². The van der Waals surface area contributed by atoms with Crippen molar-refractivity contribution in [2.75, 3.05) is 26.8 Å². The minimum atomic E-state index is 0.0101. The van der Waals surface area contributed by atoms with Crippen LogP contribution in [0.3, 0.4) is 0 Å². The van der Waals surface area contributed by atoms with Crippen molar-refractivity contribution in [3.8, 4) is 0 Å². The summed E-state index contributed by atoms with van der Waals surface area (Å²) in [6.45, 7) is 4.38. The van der Waals surface area contributed by atoms with Crippen molar-refractivity contribution < 1.29 is 9.53 Å². The zero-order chi connectivity index (χ0) is 13.7. The molecule has 0 spiro atoms. The fourth-order valence-corrected chi connectivity index (χ4v) is 2.37. The van der Waals surface area contributed by atoms with Crippen molar-refractivity contribution in [1.29, 1.82) is 0 Å². The lowest BCUT2D eigenvalue weighted by molar-refractivity contribution is 0.0764. The Bertz CT molecular complexity index is 430. The van der Waals surface area contributed by atoms with Crippen molar-refractivity contribution in [2.45, 2.75) is 26.2 Å². The smallest absolute Gasteiger partial charge is 0.257 e. The summed E-state index contributed by atoms with van der Waals surface area (Å²) in [5, 5.41) is 0. The first kappa shape index (κ1) is 13.9. The quantitative estimate of drug-likeness (QED) is 0.808. The van der Waals surface area contributed by atoms with E-state index in [1.165, 1.54) is 6.33 Å². The first-order valence-corrected chi connectivity index (χ1v) is 6.84. The van der Waals surface area contributed by atoms with Crippen LogP contribution in [0.25, 0.3) is 0 Å². The predicted molar refractivity (Wildman–Crippen MR) is 71.9 cm³/mol. The molecular weight excluding hydrogens is 242 g/mol. The van der Waals surface area contributed by atoms with Crippen molar-refractivity contribution in [3.05, 3.63) is 23.8 Å². The lowest BCUT2D eigenvalue weighted by atomic mass is 10.1. The van der Waals surface area contributed by atoms with Crippen LogP contribution in [0.5, 0.6) is 0 Å². The van der Waals surface area contributed by atoms with E-state index in [1.807, 2.05) is 7.05 Å². The van der Waals surface area contributed by atoms with Gasteiger partial charge in [-0.2, -0.15) is 0 Å². The summed E-state index contributed by atoms with van der Waals surface area (Å²) in [6, 6.07) is 0. The van der Waals surface area contributed by atoms with Gasteiger partial charge in [-0.05, 0) is 12.8 Å². The molecule has 1 fully saturated rings. The van der Waals surface area contributed by atoms with Gasteiger partial charge in [0.1, 0.15) is 6.33 Å². The van der Waals surface area contributed by atoms with Crippen LogP contribution < -0.4 is 0 Å². The lowest BCUT2D eigenvalue weighted by Crippen LogP contribution is -2.33. The fourth-order valence-electron chi connectivity index (χ4n) is 2.37. The third-order valence-electron chi connectivity index (χ3n) is 3.41. The molecule has 0 N–H and O–H groups in total. The van der Waals surface area contributed by atoms with Gasteiger partial charge in [0, 0.05) is 32.3 Å². The first-order chi connectivity index (χ1) is 9.22. The molecule has 0 aliphatic carbocycles. The number of nitrogens with zero attached hydrogens (tertiary/aromatic N) is 3. The van der Waals surface area contributed by atoms with Gasteiger partial charge in [0.05, 0.1) is 17.9 Å². The number of carbonyl (C=O) groups is 1. The molecule has 0 saturated carbocycles. The van der Waals surface area contributed by atoms with E-state index in [4.69, 9.17) is 4.74 Å². The molecule has 0 radical (unpaired) electrons. The number of hydrogen-bond donors (Lipinski definition) is 0. The highest BCUT2D eigenvalue weighted by Crippen LogP contribution is 2.15. The van der Waals surface area contributed by atoms with E-state index in [-0.39, 0.29) is 5.91 Å². The Morgan fingerprint density at radius 2 is 2.42 bits per heavy atom. The maximum atomic E-state index is 12.4. The molecule has 1 atom stereocenters. The second-order valence-corrected chi connectivity index (χ2v) is 5.05. The Morgan fingerprint density at radius 3 is 3.11 bits per heavy atom. The minimum absolute atomic E-state index is 0.0101. The first-order valence-electron chi connectivity index (χ1n) is 6.84. The summed E-state index contributed by atoms with van der Waals surface area (Å²) < 4.78 is 5.34. The molecule has 0 bridgehead atoms. The van der Waals surface area contributed by atoms with Gasteiger partial charge in [-0.25, -0.2) is 9.97 Å². The average Bonchev–Trinajstić information content (AvgIpc) is 2.92. The molecule has 2 rings (SSSR count). The predicted octanol–water partition coefficient (Wildman–Crippen LogP) is 1.54. The van der Waals surface area contributed by atoms with Gasteiger partial charge >= 0.3 is 0 Å². The van der Waals surface area contributed by atoms with E-state index in [0.717, 1.165) is 44.7 Å². The summed E-state index contributed by atoms with van der Waals surface area (Å²) in [7, 11) is 1.84. The molecule has 19 heavy (non-hydrogen) atoms. The summed E-state index contributed by atoms with van der Waals surface area (Å²) in [6.07, 6.45) is 5.95. The number of hydrogen-bond acceptors (Lipinski definition) is 4. The van der Waals surface area contributed by atoms with Gasteiger partial charge in [-0.15, -0.1) is 0 Å². The maximum absolute atomic E-state index is 12.4. The minimum Gasteiger partial charge on any atom is -0.381 e. The van der Waals surface area contributed by atoms with Gasteiger partial charge in [0.25, 0.3) is 5.91 Å². The van der Waals surface area contributed by atoms with E-state index in [2.05, 4.69) is 16.9 Å². The topological polar surface area (TPSA) is 55.3 Å². The van der Waals surface area contributed by atoms with Crippen LogP contribution in [0.15, 0.2) is 12.5 Å². The Balaban J connectivity index is 2.05. The highest BCUT2D eigenvalue weighted by atomic mass is 16.5. The van der Waals surface area contributed by atoms with Crippen LogP contribution in [0, 0.1) is 5.92 Å². The van der Waals surface area contributed by atoms with Gasteiger partial charge in [0.2, 0.25) is 0 Å². The molecule has 1 saturated heterocycles. The molecule has 5 nitrogen and oxygen atoms in total. The Morgan fingerprint density at radius 1 is 1.58 bits per heavy atom. The van der Waals surface area contributed by atoms with Crippen molar-refractivity contribution >= 4 is 5.91 Å². The fraction of sp³-hybridized carbons (Fsp3) is 0.643. The number of aryl methyl sites for hydroxylation is 1. The third kappa shape index (κ3) is 3.50. The molecule has 1 amide bonds. The number of aromatic nitrogens is 2. The number of rotatable bonds is 5. The Hall–Kier alpha value is -1.49. The van der Waals surface area contributed by atoms with E-state index in [1.54, 1.807) is 11.1 Å². The Labute approximate surface area is 114 Å². The molecule has 2 heterocycles. The molecule has 1 aromatic rings. The number of carbonyl (C=O) groups excluding carboxylic acids is 1. The van der Waals surface area contributed by atoms with Crippen molar-refractivity contribution in [1.82, 2.24) is 14.9 Å². The lowest BCUT2D eigenvalue weighted by Gasteiger charge is -2.21. The van der Waals surface area contributed by atoms with E-state index >= 15 is 0 Å². The molecule has 104 valence electrons. The zero-order valence-electron chi connectivity index (χ0n) is 11.6. The second kappa shape index (κ2) is 6.61. The number of ether oxygens (including phenoxy) is 1. The maximum Gasteiger partial charge on any atom is 0.257 e. The van der Waals surface area contributed by atoms with E-state index in [0.29, 0.717) is 11.5 Å². The molecular formula is C14H21N3O2. The van der Waals surface area contributed by atoms with Crippen LogP contribution in [-0.4, -0.2) is 47.6 Å². The molecule has 0 aromatic carbocycles. The summed E-state index contributed by atoms with van der Waals surface area (Å²) in [5.74, 6) is 0.462. The highest BCUT2D eigenvalue weighted by molar-refractivity contribution is 5.94. The largest absolute Gasteiger partial charge is 0.381 e. The number of amides is 1. The van der Waals surface area contributed by atoms with Crippen LogP contribution in [-0.2, 0) is 11.2 Å². The van der Waals surface area contributed by atoms with Crippen LogP contribution in [0.1, 0.15) is 35.8 Å².